The van der Waals surface area contributed by atoms with Gasteiger partial charge in [-0.05, 0) is 36.4 Å². The van der Waals surface area contributed by atoms with E-state index >= 15 is 0 Å². The molecule has 0 aliphatic carbocycles. The van der Waals surface area contributed by atoms with Crippen LogP contribution in [-0.2, 0) is 11.2 Å². The van der Waals surface area contributed by atoms with Crippen LogP contribution in [-0.4, -0.2) is 42.1 Å². The Labute approximate surface area is 218 Å². The highest BCUT2D eigenvalue weighted by Gasteiger charge is 2.18. The van der Waals surface area contributed by atoms with Crippen molar-refractivity contribution in [2.75, 3.05) is 31.2 Å². The van der Waals surface area contributed by atoms with E-state index < -0.39 is 0 Å². The van der Waals surface area contributed by atoms with Crippen LogP contribution in [0.5, 0.6) is 0 Å². The number of fused-ring (bicyclic) bond motifs is 2. The monoisotopic (exact) mass is 515 g/mol. The number of H-pyrrole nitrogens is 1. The number of carbonyl (C=O) groups is 1. The Morgan fingerprint density at radius 2 is 1.67 bits per heavy atom. The van der Waals surface area contributed by atoms with E-state index in [0.29, 0.717) is 28.8 Å². The van der Waals surface area contributed by atoms with E-state index in [1.165, 1.54) is 0 Å². The third kappa shape index (κ3) is 4.46. The molecular weight excluding hydrogens is 493 g/mol. The molecule has 180 valence electrons. The molecule has 3 heterocycles. The molecule has 1 aliphatic heterocycles. The van der Waals surface area contributed by atoms with E-state index in [9.17, 15) is 4.79 Å². The first-order chi connectivity index (χ1) is 17.5. The van der Waals surface area contributed by atoms with Gasteiger partial charge in [0.15, 0.2) is 5.78 Å². The van der Waals surface area contributed by atoms with Crippen LogP contribution in [0.25, 0.3) is 33.1 Å². The molecule has 1 N–H and O–H groups in total. The summed E-state index contributed by atoms with van der Waals surface area (Å²) in [7, 11) is 0. The number of Topliss-reactive ketones (excluding diaryl/α,β-unsaturated/α-hetero) is 1. The number of rotatable bonds is 5. The van der Waals surface area contributed by atoms with Crippen molar-refractivity contribution >= 4 is 56.5 Å². The Morgan fingerprint density at radius 1 is 0.917 bits per heavy atom. The number of nitrogens with zero attached hydrogens (tertiary/aromatic N) is 2. The van der Waals surface area contributed by atoms with Gasteiger partial charge < -0.3 is 14.6 Å². The predicted octanol–water partition coefficient (Wildman–Crippen LogP) is 6.95. The topological polar surface area (TPSA) is 58.2 Å². The zero-order valence-electron chi connectivity index (χ0n) is 19.4. The number of pyridine rings is 1. The highest BCUT2D eigenvalue weighted by atomic mass is 35.5. The number of hydrogen-bond donors (Lipinski definition) is 1. The highest BCUT2D eigenvalue weighted by molar-refractivity contribution is 6.39. The van der Waals surface area contributed by atoms with Gasteiger partial charge in [-0.25, -0.2) is 0 Å². The minimum absolute atomic E-state index is 0.0155. The summed E-state index contributed by atoms with van der Waals surface area (Å²) in [6, 6.07) is 23.4. The van der Waals surface area contributed by atoms with Crippen LogP contribution < -0.4 is 4.90 Å². The van der Waals surface area contributed by atoms with Crippen LogP contribution in [0.1, 0.15) is 16.1 Å². The molecule has 0 unspecified atom stereocenters. The molecular formula is C29H23Cl2N3O2. The largest absolute Gasteiger partial charge is 0.378 e. The van der Waals surface area contributed by atoms with Gasteiger partial charge in [0.1, 0.15) is 0 Å². The Balaban J connectivity index is 1.27. The third-order valence-electron chi connectivity index (χ3n) is 6.61. The maximum Gasteiger partial charge on any atom is 0.168 e. The Hall–Kier alpha value is -3.38. The number of nitrogens with one attached hydrogen (secondary N) is 1. The number of benzene rings is 3. The van der Waals surface area contributed by atoms with Crippen LogP contribution in [0.3, 0.4) is 0 Å². The summed E-state index contributed by atoms with van der Waals surface area (Å²) >= 11 is 13.4. The first-order valence-corrected chi connectivity index (χ1v) is 12.6. The molecule has 0 radical (unpaired) electrons. The van der Waals surface area contributed by atoms with Gasteiger partial charge in [0.2, 0.25) is 0 Å². The molecule has 5 aromatic rings. The van der Waals surface area contributed by atoms with E-state index in [4.69, 9.17) is 27.9 Å². The molecule has 5 nitrogen and oxygen atoms in total. The molecule has 1 aliphatic rings. The summed E-state index contributed by atoms with van der Waals surface area (Å²) in [6.45, 7) is 3.00. The van der Waals surface area contributed by atoms with Gasteiger partial charge in [-0.15, -0.1) is 0 Å². The number of carbonyl (C=O) groups excluding carboxylic acids is 1. The molecule has 0 bridgehead atoms. The zero-order valence-corrected chi connectivity index (χ0v) is 20.9. The van der Waals surface area contributed by atoms with Crippen molar-refractivity contribution in [3.05, 3.63) is 94.1 Å². The second-order valence-corrected chi connectivity index (χ2v) is 9.78. The van der Waals surface area contributed by atoms with Crippen molar-refractivity contribution in [2.45, 2.75) is 6.42 Å². The van der Waals surface area contributed by atoms with Crippen LogP contribution in [0.15, 0.2) is 72.8 Å². The minimum atomic E-state index is 0.0155. The number of para-hydroxylation sites is 1. The number of aromatic nitrogens is 2. The van der Waals surface area contributed by atoms with E-state index in [2.05, 4.69) is 14.9 Å². The zero-order chi connectivity index (χ0) is 24.6. The average molecular weight is 516 g/mol. The number of halogens is 2. The molecule has 7 heteroatoms. The normalized spacial score (nSPS) is 14.0. The molecule has 6 rings (SSSR count). The lowest BCUT2D eigenvalue weighted by molar-refractivity contribution is 0.0992. The first-order valence-electron chi connectivity index (χ1n) is 11.9. The summed E-state index contributed by atoms with van der Waals surface area (Å²) in [5.74, 6) is 0.0155. The van der Waals surface area contributed by atoms with Crippen LogP contribution in [0.4, 0.5) is 5.69 Å². The van der Waals surface area contributed by atoms with E-state index in [0.717, 1.165) is 57.5 Å². The van der Waals surface area contributed by atoms with Gasteiger partial charge in [0.05, 0.1) is 35.2 Å². The van der Waals surface area contributed by atoms with Gasteiger partial charge in [0, 0.05) is 57.6 Å². The lowest BCUT2D eigenvalue weighted by Gasteiger charge is -2.29. The molecule has 0 saturated carbocycles. The molecule has 0 amide bonds. The van der Waals surface area contributed by atoms with Crippen molar-refractivity contribution in [2.24, 2.45) is 0 Å². The number of aromatic amines is 1. The van der Waals surface area contributed by atoms with Crippen molar-refractivity contribution in [1.29, 1.82) is 0 Å². The molecule has 2 aromatic heterocycles. The summed E-state index contributed by atoms with van der Waals surface area (Å²) in [5, 5.41) is 3.20. The molecule has 3 aromatic carbocycles. The molecule has 0 atom stereocenters. The standard InChI is InChI=1S/C29H23Cl2N3O2/c30-23-16-22(34-9-11-36-12-10-34)17-24(31)29(23)27-13-19-5-6-20(14-26(19)33-27)28(35)15-21-8-7-18-3-1-2-4-25(18)32-21/h1-8,13-14,16-17,33H,9-12,15H2. The number of ether oxygens (including phenoxy) is 1. The third-order valence-corrected chi connectivity index (χ3v) is 7.21. The quantitative estimate of drug-likeness (QED) is 0.257. The van der Waals surface area contributed by atoms with Crippen molar-refractivity contribution < 1.29 is 9.53 Å². The summed E-state index contributed by atoms with van der Waals surface area (Å²) < 4.78 is 5.44. The number of ketones is 1. The molecule has 0 spiro atoms. The lowest BCUT2D eigenvalue weighted by atomic mass is 10.0. The minimum Gasteiger partial charge on any atom is -0.378 e. The molecule has 1 saturated heterocycles. The summed E-state index contributed by atoms with van der Waals surface area (Å²) in [4.78, 5) is 23.3. The van der Waals surface area contributed by atoms with E-state index in [1.807, 2.05) is 72.8 Å². The maximum absolute atomic E-state index is 13.1. The maximum atomic E-state index is 13.1. The fraction of sp³-hybridized carbons (Fsp3) is 0.172. The highest BCUT2D eigenvalue weighted by Crippen LogP contribution is 2.39. The van der Waals surface area contributed by atoms with Crippen LogP contribution in [0.2, 0.25) is 10.0 Å². The van der Waals surface area contributed by atoms with Crippen molar-refractivity contribution in [1.82, 2.24) is 9.97 Å². The van der Waals surface area contributed by atoms with Gasteiger partial charge in [0.25, 0.3) is 0 Å². The molecule has 1 fully saturated rings. The number of morpholine rings is 1. The predicted molar refractivity (Wildman–Crippen MR) is 147 cm³/mol. The average Bonchev–Trinajstić information content (AvgIpc) is 3.31. The van der Waals surface area contributed by atoms with Gasteiger partial charge >= 0.3 is 0 Å². The van der Waals surface area contributed by atoms with Gasteiger partial charge in [-0.3, -0.25) is 9.78 Å². The van der Waals surface area contributed by atoms with Crippen molar-refractivity contribution in [3.63, 3.8) is 0 Å². The van der Waals surface area contributed by atoms with E-state index in [-0.39, 0.29) is 12.2 Å². The number of hydrogen-bond acceptors (Lipinski definition) is 4. The SMILES string of the molecule is O=C(Cc1ccc2ccccc2n1)c1ccc2cc(-c3c(Cl)cc(N4CCOCC4)cc3Cl)[nH]c2c1. The van der Waals surface area contributed by atoms with Crippen LogP contribution >= 0.6 is 23.2 Å². The smallest absolute Gasteiger partial charge is 0.168 e. The second-order valence-electron chi connectivity index (χ2n) is 8.96. The van der Waals surface area contributed by atoms with Gasteiger partial charge in [-0.2, -0.15) is 0 Å². The fourth-order valence-electron chi connectivity index (χ4n) is 4.73. The fourth-order valence-corrected chi connectivity index (χ4v) is 5.41. The second kappa shape index (κ2) is 9.58. The summed E-state index contributed by atoms with van der Waals surface area (Å²) in [6.07, 6.45) is 0.241. The van der Waals surface area contributed by atoms with Crippen molar-refractivity contribution in [3.8, 4) is 11.3 Å². The Morgan fingerprint density at radius 3 is 2.47 bits per heavy atom. The summed E-state index contributed by atoms with van der Waals surface area (Å²) in [5.41, 5.74) is 5.68. The Kier molecular flexibility index (Phi) is 6.13. The Bertz CT molecular complexity index is 1580. The van der Waals surface area contributed by atoms with Crippen LogP contribution in [0, 0.1) is 0 Å². The first kappa shape index (κ1) is 23.0. The van der Waals surface area contributed by atoms with E-state index in [1.54, 1.807) is 0 Å². The van der Waals surface area contributed by atoms with Gasteiger partial charge in [-0.1, -0.05) is 59.6 Å². The lowest BCUT2D eigenvalue weighted by Crippen LogP contribution is -2.36. The number of anilines is 1. The molecule has 36 heavy (non-hydrogen) atoms.